The summed E-state index contributed by atoms with van der Waals surface area (Å²) in [5, 5.41) is 2.90. The summed E-state index contributed by atoms with van der Waals surface area (Å²) in [7, 11) is 0. The Kier molecular flexibility index (Phi) is 6.15. The van der Waals surface area contributed by atoms with Gasteiger partial charge >= 0.3 is 0 Å². The van der Waals surface area contributed by atoms with Crippen LogP contribution in [0.15, 0.2) is 54.6 Å². The number of quaternary nitrogens is 2. The Morgan fingerprint density at radius 2 is 1.50 bits per heavy atom. The van der Waals surface area contributed by atoms with Gasteiger partial charge in [-0.25, -0.2) is 0 Å². The molecule has 0 radical (unpaired) electrons. The first-order valence-corrected chi connectivity index (χ1v) is 9.22. The van der Waals surface area contributed by atoms with E-state index in [1.54, 1.807) is 17.0 Å². The molecule has 5 heteroatoms. The van der Waals surface area contributed by atoms with Crippen molar-refractivity contribution in [2.24, 2.45) is 0 Å². The van der Waals surface area contributed by atoms with Crippen LogP contribution in [0.1, 0.15) is 22.8 Å². The quantitative estimate of drug-likeness (QED) is 0.631. The molecule has 2 aromatic carbocycles. The fraction of sp³-hybridized carbons (Fsp3) is 0.333. The molecule has 1 heterocycles. The van der Waals surface area contributed by atoms with E-state index in [1.807, 2.05) is 18.2 Å². The lowest BCUT2D eigenvalue weighted by Gasteiger charge is -2.29. The number of hydrogen-bond donors (Lipinski definition) is 3. The molecule has 1 fully saturated rings. The van der Waals surface area contributed by atoms with Crippen LogP contribution in [0, 0.1) is 0 Å². The van der Waals surface area contributed by atoms with E-state index in [-0.39, 0.29) is 11.7 Å². The zero-order valence-corrected chi connectivity index (χ0v) is 15.3. The Balaban J connectivity index is 1.47. The summed E-state index contributed by atoms with van der Waals surface area (Å²) >= 11 is 0. The average molecular weight is 353 g/mol. The standard InChI is InChI=1S/C21H25N3O2/c1-17(25)19-9-5-6-10-20(19)22-21(26)16-24-13-11-23(12-14-24)15-18-7-3-2-4-8-18/h2-10H,11-16H2,1H3,(H,22,26)/p+2. The lowest BCUT2D eigenvalue weighted by atomic mass is 10.1. The van der Waals surface area contributed by atoms with Crippen LogP contribution in [-0.4, -0.2) is 44.4 Å². The van der Waals surface area contributed by atoms with Crippen molar-refractivity contribution in [3.05, 3.63) is 65.7 Å². The second-order valence-corrected chi connectivity index (χ2v) is 6.99. The van der Waals surface area contributed by atoms with Crippen LogP contribution in [0.2, 0.25) is 0 Å². The van der Waals surface area contributed by atoms with Gasteiger partial charge < -0.3 is 15.1 Å². The molecule has 0 unspecified atom stereocenters. The molecule has 0 atom stereocenters. The first-order valence-electron chi connectivity index (χ1n) is 9.22. The number of nitrogens with one attached hydrogen (secondary N) is 3. The molecule has 1 amide bonds. The highest BCUT2D eigenvalue weighted by atomic mass is 16.2. The Labute approximate surface area is 154 Å². The van der Waals surface area contributed by atoms with E-state index < -0.39 is 0 Å². The minimum atomic E-state index is -0.0358. The molecule has 1 aliphatic heterocycles. The molecule has 3 rings (SSSR count). The normalized spacial score (nSPS) is 19.7. The first kappa shape index (κ1) is 18.3. The second-order valence-electron chi connectivity index (χ2n) is 6.99. The maximum Gasteiger partial charge on any atom is 0.279 e. The zero-order chi connectivity index (χ0) is 18.4. The van der Waals surface area contributed by atoms with Crippen LogP contribution in [0.5, 0.6) is 0 Å². The predicted octanol–water partition coefficient (Wildman–Crippen LogP) is -0.189. The largest absolute Gasteiger partial charge is 0.322 e. The van der Waals surface area contributed by atoms with Crippen LogP contribution in [0.25, 0.3) is 0 Å². The molecule has 1 aliphatic rings. The number of hydrogen-bond acceptors (Lipinski definition) is 2. The Bertz CT molecular complexity index is 753. The molecule has 136 valence electrons. The SMILES string of the molecule is CC(=O)c1ccccc1NC(=O)C[NH+]1CC[NH+](Cc2ccccc2)CC1. The molecular weight excluding hydrogens is 326 g/mol. The van der Waals surface area contributed by atoms with Gasteiger partial charge in [0.15, 0.2) is 12.3 Å². The summed E-state index contributed by atoms with van der Waals surface area (Å²) in [4.78, 5) is 26.9. The molecule has 0 bridgehead atoms. The zero-order valence-electron chi connectivity index (χ0n) is 15.3. The van der Waals surface area contributed by atoms with E-state index in [2.05, 4.69) is 29.6 Å². The number of para-hydroxylation sites is 1. The Morgan fingerprint density at radius 1 is 0.885 bits per heavy atom. The number of benzene rings is 2. The third kappa shape index (κ3) is 5.00. The summed E-state index contributed by atoms with van der Waals surface area (Å²) in [6, 6.07) is 17.7. The van der Waals surface area contributed by atoms with Gasteiger partial charge in [0.1, 0.15) is 32.7 Å². The van der Waals surface area contributed by atoms with Gasteiger partial charge in [0, 0.05) is 11.1 Å². The summed E-state index contributed by atoms with van der Waals surface area (Å²) < 4.78 is 0. The summed E-state index contributed by atoms with van der Waals surface area (Å²) in [5.41, 5.74) is 2.54. The lowest BCUT2D eigenvalue weighted by Crippen LogP contribution is -3.28. The van der Waals surface area contributed by atoms with E-state index in [1.165, 1.54) is 17.4 Å². The van der Waals surface area contributed by atoms with Crippen molar-refractivity contribution < 1.29 is 19.4 Å². The van der Waals surface area contributed by atoms with Gasteiger partial charge in [0.2, 0.25) is 0 Å². The molecule has 1 saturated heterocycles. The van der Waals surface area contributed by atoms with Gasteiger partial charge in [-0.2, -0.15) is 0 Å². The number of anilines is 1. The maximum absolute atomic E-state index is 12.4. The van der Waals surface area contributed by atoms with E-state index in [0.29, 0.717) is 17.8 Å². The van der Waals surface area contributed by atoms with Crippen molar-refractivity contribution in [3.63, 3.8) is 0 Å². The minimum Gasteiger partial charge on any atom is -0.322 e. The second kappa shape index (κ2) is 8.74. The van der Waals surface area contributed by atoms with E-state index in [0.717, 1.165) is 32.7 Å². The monoisotopic (exact) mass is 353 g/mol. The van der Waals surface area contributed by atoms with Crippen LogP contribution < -0.4 is 15.1 Å². The number of carbonyl (C=O) groups is 2. The van der Waals surface area contributed by atoms with Gasteiger partial charge in [0.25, 0.3) is 5.91 Å². The number of carbonyl (C=O) groups excluding carboxylic acids is 2. The topological polar surface area (TPSA) is 55.0 Å². The predicted molar refractivity (Wildman–Crippen MR) is 101 cm³/mol. The highest BCUT2D eigenvalue weighted by Crippen LogP contribution is 2.15. The van der Waals surface area contributed by atoms with E-state index in [4.69, 9.17) is 0 Å². The van der Waals surface area contributed by atoms with Gasteiger partial charge in [-0.1, -0.05) is 42.5 Å². The van der Waals surface area contributed by atoms with Crippen molar-refractivity contribution in [3.8, 4) is 0 Å². The third-order valence-corrected chi connectivity index (χ3v) is 4.95. The lowest BCUT2D eigenvalue weighted by molar-refractivity contribution is -1.02. The molecule has 5 nitrogen and oxygen atoms in total. The van der Waals surface area contributed by atoms with Gasteiger partial charge in [-0.15, -0.1) is 0 Å². The van der Waals surface area contributed by atoms with Gasteiger partial charge in [-0.3, -0.25) is 9.59 Å². The fourth-order valence-electron chi connectivity index (χ4n) is 3.52. The molecule has 0 spiro atoms. The smallest absolute Gasteiger partial charge is 0.279 e. The third-order valence-electron chi connectivity index (χ3n) is 4.95. The van der Waals surface area contributed by atoms with Crippen molar-refractivity contribution in [1.82, 2.24) is 0 Å². The molecule has 3 N–H and O–H groups in total. The van der Waals surface area contributed by atoms with Crippen molar-refractivity contribution >= 4 is 17.4 Å². The number of amides is 1. The Morgan fingerprint density at radius 3 is 2.19 bits per heavy atom. The van der Waals surface area contributed by atoms with Crippen LogP contribution in [0.4, 0.5) is 5.69 Å². The maximum atomic E-state index is 12.4. The first-order chi connectivity index (χ1) is 12.6. The van der Waals surface area contributed by atoms with Gasteiger partial charge in [-0.05, 0) is 19.1 Å². The molecule has 0 aromatic heterocycles. The van der Waals surface area contributed by atoms with Crippen LogP contribution >= 0.6 is 0 Å². The van der Waals surface area contributed by atoms with E-state index >= 15 is 0 Å². The number of Topliss-reactive ketones (excluding diaryl/α,β-unsaturated/α-hetero) is 1. The average Bonchev–Trinajstić information content (AvgIpc) is 2.64. The van der Waals surface area contributed by atoms with E-state index in [9.17, 15) is 9.59 Å². The summed E-state index contributed by atoms with van der Waals surface area (Å²) in [6.07, 6.45) is 0. The minimum absolute atomic E-state index is 0.0276. The molecular formula is C21H27N3O2+2. The number of ketones is 1. The number of piperazine rings is 1. The number of rotatable bonds is 6. The Hall–Kier alpha value is -2.50. The van der Waals surface area contributed by atoms with Crippen molar-refractivity contribution in [2.75, 3.05) is 38.0 Å². The van der Waals surface area contributed by atoms with Crippen molar-refractivity contribution in [1.29, 1.82) is 0 Å². The van der Waals surface area contributed by atoms with Gasteiger partial charge in [0.05, 0.1) is 5.69 Å². The molecule has 0 aliphatic carbocycles. The highest BCUT2D eigenvalue weighted by molar-refractivity contribution is 6.03. The van der Waals surface area contributed by atoms with Crippen LogP contribution in [-0.2, 0) is 11.3 Å². The highest BCUT2D eigenvalue weighted by Gasteiger charge is 2.25. The fourth-order valence-corrected chi connectivity index (χ4v) is 3.52. The summed E-state index contributed by atoms with van der Waals surface area (Å²) in [6.45, 7) is 7.14. The molecule has 26 heavy (non-hydrogen) atoms. The van der Waals surface area contributed by atoms with Crippen molar-refractivity contribution in [2.45, 2.75) is 13.5 Å². The van der Waals surface area contributed by atoms with Crippen LogP contribution in [0.3, 0.4) is 0 Å². The summed E-state index contributed by atoms with van der Waals surface area (Å²) in [5.74, 6) is -0.0633. The molecule has 2 aromatic rings. The molecule has 0 saturated carbocycles.